The van der Waals surface area contributed by atoms with Gasteiger partial charge < -0.3 is 10.6 Å². The summed E-state index contributed by atoms with van der Waals surface area (Å²) in [5.74, 6) is -0.0163. The van der Waals surface area contributed by atoms with Gasteiger partial charge in [0.25, 0.3) is 5.91 Å². The normalized spacial score (nSPS) is 12.5. The fraction of sp³-hybridized carbons (Fsp3) is 0.182. The summed E-state index contributed by atoms with van der Waals surface area (Å²) in [6.07, 6.45) is 0.676. The lowest BCUT2D eigenvalue weighted by atomic mass is 10.1. The van der Waals surface area contributed by atoms with Crippen molar-refractivity contribution in [1.82, 2.24) is 29.8 Å². The Morgan fingerprint density at radius 3 is 2.50 bits per heavy atom. The second-order valence-corrected chi connectivity index (χ2v) is 7.78. The number of halogens is 4. The van der Waals surface area contributed by atoms with Crippen LogP contribution in [0, 0.1) is 0 Å². The van der Waals surface area contributed by atoms with E-state index in [1.54, 1.807) is 19.1 Å². The fourth-order valence-electron chi connectivity index (χ4n) is 3.24. The average molecular weight is 488 g/mol. The predicted octanol–water partition coefficient (Wildman–Crippen LogP) is 4.47. The highest BCUT2D eigenvalue weighted by Gasteiger charge is 2.31. The number of nitrogens with zero attached hydrogens (tertiary/aromatic N) is 6. The highest BCUT2D eigenvalue weighted by molar-refractivity contribution is 6.33. The lowest BCUT2D eigenvalue weighted by molar-refractivity contribution is -0.137. The molecule has 1 amide bonds. The van der Waals surface area contributed by atoms with Gasteiger partial charge in [-0.05, 0) is 37.3 Å². The molecule has 4 aromatic rings. The highest BCUT2D eigenvalue weighted by atomic mass is 35.5. The topological polar surface area (TPSA) is 111 Å². The minimum atomic E-state index is -4.51. The van der Waals surface area contributed by atoms with Crippen molar-refractivity contribution < 1.29 is 18.0 Å². The van der Waals surface area contributed by atoms with E-state index in [9.17, 15) is 18.0 Å². The molecule has 8 nitrogen and oxygen atoms in total. The summed E-state index contributed by atoms with van der Waals surface area (Å²) in [7, 11) is 0. The van der Waals surface area contributed by atoms with Crippen molar-refractivity contribution in [2.24, 2.45) is 0 Å². The molecule has 2 N–H and O–H groups in total. The van der Waals surface area contributed by atoms with Crippen LogP contribution < -0.4 is 5.73 Å². The van der Waals surface area contributed by atoms with E-state index in [0.717, 1.165) is 12.3 Å². The number of carbonyl (C=O) groups is 1. The van der Waals surface area contributed by atoms with Crippen LogP contribution in [0.25, 0.3) is 10.9 Å². The number of nitrogens with two attached hydrogens (primary N) is 1. The maximum absolute atomic E-state index is 13.5. The van der Waals surface area contributed by atoms with Crippen LogP contribution in [0.1, 0.15) is 40.5 Å². The monoisotopic (exact) mass is 487 g/mol. The SMILES string of the molecule is CC(c1ncccn1)N(Cc1ccc(C(F)(F)F)cn1)C(=O)c1cc2cc(Cl)c(N)nc2cn1. The van der Waals surface area contributed by atoms with Gasteiger partial charge in [0.1, 0.15) is 17.3 Å². The first-order valence-corrected chi connectivity index (χ1v) is 10.3. The van der Waals surface area contributed by atoms with Crippen molar-refractivity contribution in [3.8, 4) is 0 Å². The molecule has 4 rings (SSSR count). The molecule has 12 heteroatoms. The molecule has 0 spiro atoms. The zero-order chi connectivity index (χ0) is 24.5. The van der Waals surface area contributed by atoms with E-state index < -0.39 is 23.7 Å². The second-order valence-electron chi connectivity index (χ2n) is 7.37. The quantitative estimate of drug-likeness (QED) is 0.442. The van der Waals surface area contributed by atoms with E-state index in [-0.39, 0.29) is 28.8 Å². The molecule has 0 aliphatic heterocycles. The van der Waals surface area contributed by atoms with Crippen molar-refractivity contribution in [3.05, 3.63) is 82.9 Å². The van der Waals surface area contributed by atoms with Gasteiger partial charge in [-0.15, -0.1) is 0 Å². The van der Waals surface area contributed by atoms with Gasteiger partial charge in [0.2, 0.25) is 0 Å². The number of hydrogen-bond acceptors (Lipinski definition) is 7. The first kappa shape index (κ1) is 23.3. The van der Waals surface area contributed by atoms with Crippen molar-refractivity contribution in [2.75, 3.05) is 5.73 Å². The number of pyridine rings is 3. The fourth-order valence-corrected chi connectivity index (χ4v) is 3.40. The van der Waals surface area contributed by atoms with E-state index in [2.05, 4.69) is 24.9 Å². The zero-order valence-electron chi connectivity index (χ0n) is 17.7. The number of alkyl halides is 3. The van der Waals surface area contributed by atoms with Gasteiger partial charge in [-0.25, -0.2) is 19.9 Å². The van der Waals surface area contributed by atoms with Crippen LogP contribution in [-0.4, -0.2) is 35.7 Å². The number of fused-ring (bicyclic) bond motifs is 1. The maximum atomic E-state index is 13.5. The van der Waals surface area contributed by atoms with E-state index in [1.165, 1.54) is 35.6 Å². The van der Waals surface area contributed by atoms with E-state index in [0.29, 0.717) is 16.7 Å². The lowest BCUT2D eigenvalue weighted by Gasteiger charge is -2.28. The van der Waals surface area contributed by atoms with Crippen LogP contribution in [-0.2, 0) is 12.7 Å². The number of carbonyl (C=O) groups excluding carboxylic acids is 1. The van der Waals surface area contributed by atoms with Crippen LogP contribution in [0.3, 0.4) is 0 Å². The largest absolute Gasteiger partial charge is 0.417 e. The number of hydrogen-bond donors (Lipinski definition) is 1. The molecular weight excluding hydrogens is 471 g/mol. The number of rotatable bonds is 5. The molecule has 1 unspecified atom stereocenters. The summed E-state index contributed by atoms with van der Waals surface area (Å²) in [6.45, 7) is 1.61. The van der Waals surface area contributed by atoms with Crippen LogP contribution in [0.15, 0.2) is 55.1 Å². The van der Waals surface area contributed by atoms with E-state index in [1.807, 2.05) is 0 Å². The van der Waals surface area contributed by atoms with Gasteiger partial charge in [0.15, 0.2) is 0 Å². The predicted molar refractivity (Wildman–Crippen MR) is 119 cm³/mol. The van der Waals surface area contributed by atoms with Gasteiger partial charge in [-0.2, -0.15) is 13.2 Å². The molecule has 4 aromatic heterocycles. The molecule has 0 radical (unpaired) electrons. The molecule has 0 saturated carbocycles. The minimum Gasteiger partial charge on any atom is -0.382 e. The smallest absolute Gasteiger partial charge is 0.382 e. The van der Waals surface area contributed by atoms with Gasteiger partial charge in [0.05, 0.1) is 40.6 Å². The third-order valence-corrected chi connectivity index (χ3v) is 5.38. The van der Waals surface area contributed by atoms with Gasteiger partial charge in [-0.1, -0.05) is 11.6 Å². The van der Waals surface area contributed by atoms with Crippen molar-refractivity contribution in [2.45, 2.75) is 25.7 Å². The highest BCUT2D eigenvalue weighted by Crippen LogP contribution is 2.29. The molecule has 34 heavy (non-hydrogen) atoms. The molecule has 1 atom stereocenters. The molecule has 0 saturated heterocycles. The maximum Gasteiger partial charge on any atom is 0.417 e. The van der Waals surface area contributed by atoms with Gasteiger partial charge in [0, 0.05) is 24.0 Å². The Balaban J connectivity index is 1.70. The van der Waals surface area contributed by atoms with Crippen LogP contribution >= 0.6 is 11.6 Å². The number of anilines is 1. The molecule has 0 aliphatic rings. The van der Waals surface area contributed by atoms with Crippen molar-refractivity contribution >= 4 is 34.2 Å². The zero-order valence-corrected chi connectivity index (χ0v) is 18.4. The molecule has 0 bridgehead atoms. The Bertz CT molecular complexity index is 1330. The molecule has 0 aromatic carbocycles. The first-order valence-electron chi connectivity index (χ1n) is 9.95. The Hall–Kier alpha value is -3.86. The summed E-state index contributed by atoms with van der Waals surface area (Å²) in [6, 6.07) is 6.23. The Labute approximate surface area is 196 Å². The summed E-state index contributed by atoms with van der Waals surface area (Å²) < 4.78 is 38.7. The summed E-state index contributed by atoms with van der Waals surface area (Å²) >= 11 is 6.06. The third-order valence-electron chi connectivity index (χ3n) is 5.07. The van der Waals surface area contributed by atoms with Gasteiger partial charge >= 0.3 is 6.18 Å². The van der Waals surface area contributed by atoms with Crippen molar-refractivity contribution in [1.29, 1.82) is 0 Å². The van der Waals surface area contributed by atoms with Gasteiger partial charge in [-0.3, -0.25) is 9.78 Å². The molecule has 174 valence electrons. The summed E-state index contributed by atoms with van der Waals surface area (Å²) in [4.78, 5) is 35.5. The minimum absolute atomic E-state index is 0.0739. The standard InChI is InChI=1S/C22H17ClF3N7O/c1-12(20-28-5-2-6-29-20)33(11-15-4-3-14(9-30-15)22(24,25)26)21(34)17-8-13-7-16(23)19(27)32-18(13)10-31-17/h2-10,12H,11H2,1H3,(H2,27,32). The summed E-state index contributed by atoms with van der Waals surface area (Å²) in [5, 5.41) is 0.780. The number of amides is 1. The lowest BCUT2D eigenvalue weighted by Crippen LogP contribution is -2.35. The van der Waals surface area contributed by atoms with Crippen LogP contribution in [0.5, 0.6) is 0 Å². The third kappa shape index (κ3) is 4.88. The first-order chi connectivity index (χ1) is 16.1. The van der Waals surface area contributed by atoms with Crippen molar-refractivity contribution in [3.63, 3.8) is 0 Å². The van der Waals surface area contributed by atoms with Crippen LogP contribution in [0.2, 0.25) is 5.02 Å². The Kier molecular flexibility index (Phi) is 6.29. The molecule has 0 aliphatic carbocycles. The summed E-state index contributed by atoms with van der Waals surface area (Å²) in [5.41, 5.74) is 5.62. The number of nitrogen functional groups attached to an aromatic ring is 1. The molecule has 4 heterocycles. The average Bonchev–Trinajstić information content (AvgIpc) is 2.82. The van der Waals surface area contributed by atoms with E-state index in [4.69, 9.17) is 17.3 Å². The molecule has 0 fully saturated rings. The Morgan fingerprint density at radius 2 is 1.85 bits per heavy atom. The number of aromatic nitrogens is 5. The Morgan fingerprint density at radius 1 is 1.12 bits per heavy atom. The molecular formula is C22H17ClF3N7O. The second kappa shape index (κ2) is 9.18. The van der Waals surface area contributed by atoms with E-state index >= 15 is 0 Å². The van der Waals surface area contributed by atoms with Crippen LogP contribution in [0.4, 0.5) is 19.0 Å².